The normalized spacial score (nSPS) is 12.0. The fraction of sp³-hybridized carbons (Fsp3) is 0.0833. The number of sulfonamides is 1. The van der Waals surface area contributed by atoms with Gasteiger partial charge in [0, 0.05) is 15.7 Å². The van der Waals surface area contributed by atoms with Gasteiger partial charge in [0.05, 0.1) is 21.7 Å². The average Bonchev–Trinajstić information content (AvgIpc) is 3.10. The summed E-state index contributed by atoms with van der Waals surface area (Å²) >= 11 is 4.80. The maximum Gasteiger partial charge on any atom is 0.279 e. The molecule has 0 spiro atoms. The zero-order valence-corrected chi connectivity index (χ0v) is 20.7. The Labute approximate surface area is 203 Å². The molecule has 0 aliphatic heterocycles. The number of halogens is 1. The lowest BCUT2D eigenvalue weighted by molar-refractivity contribution is 0.0998. The summed E-state index contributed by atoms with van der Waals surface area (Å²) in [5.41, 5.74) is 2.37. The van der Waals surface area contributed by atoms with E-state index in [2.05, 4.69) is 31.6 Å². The monoisotopic (exact) mass is 539 g/mol. The highest BCUT2D eigenvalue weighted by Gasteiger charge is 2.15. The van der Waals surface area contributed by atoms with E-state index in [1.807, 2.05) is 25.1 Å². The number of nitrogens with one attached hydrogen (secondary N) is 1. The van der Waals surface area contributed by atoms with E-state index in [4.69, 9.17) is 6.42 Å². The van der Waals surface area contributed by atoms with Crippen LogP contribution < -0.4 is 9.52 Å². The molecule has 0 fully saturated rings. The van der Waals surface area contributed by atoms with Crippen LogP contribution in [-0.2, 0) is 16.6 Å². The molecule has 33 heavy (non-hydrogen) atoms. The predicted molar refractivity (Wildman–Crippen MR) is 135 cm³/mol. The van der Waals surface area contributed by atoms with Crippen molar-refractivity contribution in [3.05, 3.63) is 87.1 Å². The van der Waals surface area contributed by atoms with Gasteiger partial charge in [-0.3, -0.25) is 9.52 Å². The zero-order valence-electron chi connectivity index (χ0n) is 17.4. The second-order valence-electron chi connectivity index (χ2n) is 7.20. The topological polar surface area (TPSA) is 80.5 Å². The van der Waals surface area contributed by atoms with Gasteiger partial charge in [0.2, 0.25) is 0 Å². The number of anilines is 1. The van der Waals surface area contributed by atoms with E-state index in [1.54, 1.807) is 34.9 Å². The Bertz CT molecular complexity index is 1580. The number of carbonyl (C=O) groups excluding carboxylic acids is 1. The third-order valence-corrected chi connectivity index (χ3v) is 7.72. The molecule has 1 amide bonds. The van der Waals surface area contributed by atoms with Crippen molar-refractivity contribution >= 4 is 59.1 Å². The predicted octanol–water partition coefficient (Wildman–Crippen LogP) is 4.95. The van der Waals surface area contributed by atoms with Crippen molar-refractivity contribution in [1.82, 2.24) is 4.57 Å². The fourth-order valence-corrected chi connectivity index (χ4v) is 5.80. The largest absolute Gasteiger partial charge is 0.305 e. The molecule has 0 saturated carbocycles. The van der Waals surface area contributed by atoms with Crippen LogP contribution in [0.1, 0.15) is 15.9 Å². The zero-order chi connectivity index (χ0) is 23.6. The van der Waals surface area contributed by atoms with Gasteiger partial charge in [-0.2, -0.15) is 4.99 Å². The van der Waals surface area contributed by atoms with Crippen LogP contribution in [0.3, 0.4) is 0 Å². The number of terminal acetylenes is 1. The number of rotatable bonds is 5. The van der Waals surface area contributed by atoms with Crippen molar-refractivity contribution in [2.45, 2.75) is 18.4 Å². The van der Waals surface area contributed by atoms with Crippen LogP contribution in [0.5, 0.6) is 0 Å². The van der Waals surface area contributed by atoms with Gasteiger partial charge in [0.15, 0.2) is 4.80 Å². The molecule has 3 aromatic carbocycles. The summed E-state index contributed by atoms with van der Waals surface area (Å²) in [4.78, 5) is 17.8. The van der Waals surface area contributed by atoms with E-state index >= 15 is 0 Å². The highest BCUT2D eigenvalue weighted by Crippen LogP contribution is 2.23. The molecule has 0 aliphatic carbocycles. The van der Waals surface area contributed by atoms with Crippen molar-refractivity contribution in [3.8, 4) is 12.3 Å². The van der Waals surface area contributed by atoms with E-state index in [9.17, 15) is 13.2 Å². The minimum Gasteiger partial charge on any atom is -0.305 e. The molecule has 0 aliphatic rings. The Morgan fingerprint density at radius 1 is 1.15 bits per heavy atom. The van der Waals surface area contributed by atoms with Crippen LogP contribution in [0.15, 0.2) is 81.1 Å². The lowest BCUT2D eigenvalue weighted by Crippen LogP contribution is -2.17. The first-order valence-electron chi connectivity index (χ1n) is 9.78. The first kappa shape index (κ1) is 23.0. The Kier molecular flexibility index (Phi) is 6.51. The van der Waals surface area contributed by atoms with Gasteiger partial charge in [0.1, 0.15) is 0 Å². The number of amides is 1. The van der Waals surface area contributed by atoms with Crippen molar-refractivity contribution in [2.75, 3.05) is 4.72 Å². The van der Waals surface area contributed by atoms with Gasteiger partial charge < -0.3 is 4.57 Å². The third-order valence-electron chi connectivity index (χ3n) is 4.78. The summed E-state index contributed by atoms with van der Waals surface area (Å²) in [5.74, 6) is 2.10. The van der Waals surface area contributed by atoms with Crippen LogP contribution in [0.25, 0.3) is 10.2 Å². The minimum absolute atomic E-state index is 0.140. The lowest BCUT2D eigenvalue weighted by atomic mass is 10.2. The van der Waals surface area contributed by atoms with E-state index in [1.165, 1.54) is 29.5 Å². The second kappa shape index (κ2) is 9.35. The molecule has 166 valence electrons. The summed E-state index contributed by atoms with van der Waals surface area (Å²) < 4.78 is 31.5. The van der Waals surface area contributed by atoms with Gasteiger partial charge in [-0.05, 0) is 55.5 Å². The van der Waals surface area contributed by atoms with Crippen molar-refractivity contribution in [1.29, 1.82) is 0 Å². The summed E-state index contributed by atoms with van der Waals surface area (Å²) in [7, 11) is -3.79. The molecular weight excluding hydrogens is 522 g/mol. The van der Waals surface area contributed by atoms with Crippen molar-refractivity contribution in [3.63, 3.8) is 0 Å². The quantitative estimate of drug-likeness (QED) is 0.364. The highest BCUT2D eigenvalue weighted by atomic mass is 79.9. The first-order chi connectivity index (χ1) is 15.8. The maximum atomic E-state index is 12.9. The van der Waals surface area contributed by atoms with Crippen molar-refractivity contribution in [2.24, 2.45) is 4.99 Å². The molecule has 0 saturated heterocycles. The van der Waals surface area contributed by atoms with Crippen LogP contribution in [0, 0.1) is 19.3 Å². The molecule has 1 heterocycles. The Balaban J connectivity index is 1.67. The van der Waals surface area contributed by atoms with Crippen molar-refractivity contribution < 1.29 is 13.2 Å². The maximum absolute atomic E-state index is 12.9. The Morgan fingerprint density at radius 2 is 1.91 bits per heavy atom. The average molecular weight is 540 g/mol. The molecule has 6 nitrogen and oxygen atoms in total. The number of carbonyl (C=O) groups is 1. The minimum atomic E-state index is -3.79. The molecule has 4 aromatic rings. The molecule has 4 rings (SSSR count). The number of aromatic nitrogens is 1. The van der Waals surface area contributed by atoms with E-state index in [0.29, 0.717) is 4.80 Å². The van der Waals surface area contributed by atoms with Gasteiger partial charge >= 0.3 is 0 Å². The van der Waals surface area contributed by atoms with Gasteiger partial charge in [0.25, 0.3) is 15.9 Å². The number of aryl methyl sites for hydroxylation is 1. The van der Waals surface area contributed by atoms with E-state index in [-0.39, 0.29) is 22.7 Å². The number of hydrogen-bond donors (Lipinski definition) is 1. The number of benzene rings is 3. The standard InChI is InChI=1S/C24H18BrN3O3S2/c1-3-13-28-21-12-9-18(25)15-22(21)32-24(28)26-23(29)17-5-4-6-19(14-17)27-33(30,31)20-10-7-16(2)8-11-20/h1,4-12,14-15,27H,13H2,2H3. The van der Waals surface area contributed by atoms with E-state index < -0.39 is 15.9 Å². The summed E-state index contributed by atoms with van der Waals surface area (Å²) in [5, 5.41) is 0. The molecule has 1 aromatic heterocycles. The SMILES string of the molecule is C#CCn1c(=NC(=O)c2cccc(NS(=O)(=O)c3ccc(C)cc3)c2)sc2cc(Br)ccc21. The number of nitrogens with zero attached hydrogens (tertiary/aromatic N) is 2. The Morgan fingerprint density at radius 3 is 2.64 bits per heavy atom. The highest BCUT2D eigenvalue weighted by molar-refractivity contribution is 9.10. The van der Waals surface area contributed by atoms with Crippen LogP contribution in [-0.4, -0.2) is 18.9 Å². The second-order valence-corrected chi connectivity index (χ2v) is 10.8. The van der Waals surface area contributed by atoms with E-state index in [0.717, 1.165) is 20.3 Å². The van der Waals surface area contributed by atoms with Crippen LogP contribution in [0.2, 0.25) is 0 Å². The molecule has 0 bridgehead atoms. The number of thiazole rings is 1. The molecular formula is C24H18BrN3O3S2. The fourth-order valence-electron chi connectivity index (χ4n) is 3.18. The molecule has 0 radical (unpaired) electrons. The van der Waals surface area contributed by atoms with Crippen LogP contribution in [0.4, 0.5) is 5.69 Å². The molecule has 0 atom stereocenters. The summed E-state index contributed by atoms with van der Waals surface area (Å²) in [6.07, 6.45) is 5.52. The summed E-state index contributed by atoms with van der Waals surface area (Å²) in [6.45, 7) is 2.15. The molecule has 1 N–H and O–H groups in total. The smallest absolute Gasteiger partial charge is 0.279 e. The van der Waals surface area contributed by atoms with Gasteiger partial charge in [-0.25, -0.2) is 8.42 Å². The van der Waals surface area contributed by atoms with Gasteiger partial charge in [-0.15, -0.1) is 6.42 Å². The number of fused-ring (bicyclic) bond motifs is 1. The van der Waals surface area contributed by atoms with Gasteiger partial charge in [-0.1, -0.05) is 56.9 Å². The number of hydrogen-bond acceptors (Lipinski definition) is 4. The third kappa shape index (κ3) is 5.09. The molecule has 0 unspecified atom stereocenters. The Hall–Kier alpha value is -3.19. The molecule has 9 heteroatoms. The first-order valence-corrected chi connectivity index (χ1v) is 12.9. The van der Waals surface area contributed by atoms with Crippen LogP contribution >= 0.6 is 27.3 Å². The lowest BCUT2D eigenvalue weighted by Gasteiger charge is -2.09. The summed E-state index contributed by atoms with van der Waals surface area (Å²) in [6, 6.07) is 18.5.